The van der Waals surface area contributed by atoms with E-state index >= 15 is 0 Å². The number of fused-ring (bicyclic) bond motifs is 1. The van der Waals surface area contributed by atoms with E-state index in [9.17, 15) is 67.7 Å². The molecular weight excluding hydrogens is 1100 g/mol. The molecule has 2 heterocycles. The maximum Gasteiger partial charge on any atom is 0.326 e. The lowest BCUT2D eigenvalue weighted by Crippen LogP contribution is -2.61. The normalized spacial score (nSPS) is 15.8. The van der Waals surface area contributed by atoms with Gasteiger partial charge in [-0.05, 0) is 108 Å². The summed E-state index contributed by atoms with van der Waals surface area (Å²) in [6.07, 6.45) is 1.32. The molecule has 1 aliphatic rings. The quantitative estimate of drug-likeness (QED) is 0.0170. The molecule has 9 atom stereocenters. The average Bonchev–Trinajstić information content (AvgIpc) is 4.09. The highest BCUT2D eigenvalue weighted by atomic mass is 16.4. The van der Waals surface area contributed by atoms with Crippen LogP contribution >= 0.6 is 0 Å². The van der Waals surface area contributed by atoms with E-state index in [1.165, 1.54) is 4.90 Å². The summed E-state index contributed by atoms with van der Waals surface area (Å²) in [5.74, 6) is -12.9. The number of carbonyl (C=O) groups excluding carboxylic acids is 10. The van der Waals surface area contributed by atoms with Crippen molar-refractivity contribution in [3.63, 3.8) is 0 Å². The SMILES string of the molecule is CC(C)C[C@@H](NC(=O)[C@@H](CCCCN)NC(=O)[C@@H]1CCCN1C(=O)[C@@H](N)CCCN=C(N)N)C(=O)N[C@@H](CCCCN)C(=O)N[C@@H](Cc1c[nH]c2ccccc12)C(=O)N[C@H](CC(=O)O)C(=O)N[C@H](CC(N)=O)C(=O)N[C@@H](CCC(N)=O)C(=O)O. The average molecular weight is 1180 g/mol. The Labute approximate surface area is 485 Å². The van der Waals surface area contributed by atoms with E-state index in [0.29, 0.717) is 55.0 Å². The number of unbranched alkanes of at least 4 members (excludes halogenated alkanes) is 2. The Morgan fingerprint density at radius 3 is 1.71 bits per heavy atom. The highest BCUT2D eigenvalue weighted by Crippen LogP contribution is 2.22. The number of rotatable bonds is 39. The van der Waals surface area contributed by atoms with Crippen LogP contribution < -0.4 is 77.4 Å². The molecule has 1 aromatic carbocycles. The zero-order chi connectivity index (χ0) is 62.6. The summed E-state index contributed by atoms with van der Waals surface area (Å²) in [5.41, 5.74) is 40.2. The number of hydrogen-bond acceptors (Lipinski definition) is 16. The largest absolute Gasteiger partial charge is 0.481 e. The summed E-state index contributed by atoms with van der Waals surface area (Å²) in [6.45, 7) is 4.56. The summed E-state index contributed by atoms with van der Waals surface area (Å²) in [5, 5.41) is 37.6. The number of nitrogens with one attached hydrogen (secondary N) is 8. The highest BCUT2D eigenvalue weighted by molar-refractivity contribution is 6.00. The molecule has 1 aliphatic heterocycles. The van der Waals surface area contributed by atoms with Gasteiger partial charge in [-0.15, -0.1) is 0 Å². The van der Waals surface area contributed by atoms with Gasteiger partial charge in [0.2, 0.25) is 59.1 Å². The lowest BCUT2D eigenvalue weighted by Gasteiger charge is -2.29. The molecule has 1 fully saturated rings. The van der Waals surface area contributed by atoms with E-state index in [0.717, 1.165) is 0 Å². The third-order valence-corrected chi connectivity index (χ3v) is 13.7. The van der Waals surface area contributed by atoms with Crippen LogP contribution in [0.5, 0.6) is 0 Å². The molecule has 0 radical (unpaired) electrons. The molecule has 3 rings (SSSR count). The fourth-order valence-electron chi connectivity index (χ4n) is 9.35. The van der Waals surface area contributed by atoms with Gasteiger partial charge in [0.15, 0.2) is 5.96 Å². The number of nitrogens with zero attached hydrogens (tertiary/aromatic N) is 2. The smallest absolute Gasteiger partial charge is 0.326 e. The number of para-hydroxylation sites is 1. The number of nitrogens with two attached hydrogens (primary N) is 7. The van der Waals surface area contributed by atoms with Gasteiger partial charge in [0.25, 0.3) is 0 Å². The molecule has 0 aliphatic carbocycles. The molecule has 0 spiro atoms. The number of aromatic nitrogens is 1. The van der Waals surface area contributed by atoms with Crippen LogP contribution in [-0.4, -0.2) is 178 Å². The Hall–Kier alpha value is -8.45. The predicted octanol–water partition coefficient (Wildman–Crippen LogP) is -4.52. The Balaban J connectivity index is 1.95. The molecule has 0 unspecified atom stereocenters. The molecule has 31 heteroatoms. The van der Waals surface area contributed by atoms with Crippen molar-refractivity contribution in [1.29, 1.82) is 0 Å². The van der Waals surface area contributed by atoms with Gasteiger partial charge in [-0.3, -0.25) is 57.7 Å². The van der Waals surface area contributed by atoms with Gasteiger partial charge in [0.05, 0.1) is 18.9 Å². The first-order valence-electron chi connectivity index (χ1n) is 28.0. The van der Waals surface area contributed by atoms with Crippen LogP contribution in [0.3, 0.4) is 0 Å². The number of aliphatic imine (C=N–C) groups is 1. The number of guanidine groups is 1. The number of primary amides is 2. The lowest BCUT2D eigenvalue weighted by atomic mass is 10.00. The van der Waals surface area contributed by atoms with E-state index < -0.39 is 151 Å². The molecule has 24 N–H and O–H groups in total. The zero-order valence-corrected chi connectivity index (χ0v) is 47.5. The van der Waals surface area contributed by atoms with Gasteiger partial charge in [-0.1, -0.05) is 32.0 Å². The summed E-state index contributed by atoms with van der Waals surface area (Å²) in [7, 11) is 0. The maximum absolute atomic E-state index is 14.6. The van der Waals surface area contributed by atoms with Crippen molar-refractivity contribution < 1.29 is 67.7 Å². The first kappa shape index (κ1) is 69.8. The molecule has 84 heavy (non-hydrogen) atoms. The first-order valence-corrected chi connectivity index (χ1v) is 28.0. The van der Waals surface area contributed by atoms with E-state index in [-0.39, 0.29) is 76.6 Å². The summed E-state index contributed by atoms with van der Waals surface area (Å²) in [4.78, 5) is 168. The van der Waals surface area contributed by atoms with Gasteiger partial charge in [0, 0.05) is 43.0 Å². The molecule has 1 aromatic heterocycles. The minimum Gasteiger partial charge on any atom is -0.481 e. The number of aliphatic carboxylic acids is 2. The van der Waals surface area contributed by atoms with E-state index in [1.807, 2.05) is 0 Å². The van der Waals surface area contributed by atoms with Gasteiger partial charge in [0.1, 0.15) is 48.3 Å². The lowest BCUT2D eigenvalue weighted by molar-refractivity contribution is -0.144. The zero-order valence-electron chi connectivity index (χ0n) is 47.5. The van der Waals surface area contributed by atoms with Crippen LogP contribution in [0.4, 0.5) is 0 Å². The fourth-order valence-corrected chi connectivity index (χ4v) is 9.35. The minimum absolute atomic E-state index is 0.0418. The van der Waals surface area contributed by atoms with E-state index in [4.69, 9.17) is 40.1 Å². The number of benzene rings is 1. The van der Waals surface area contributed by atoms with Crippen LogP contribution in [0.25, 0.3) is 10.9 Å². The standard InChI is InChI=1S/C53H85N17O14/c1-28(2)23-36(66-45(76)34(15-6-8-20-55)64-50(81)40-16-10-22-70(40)51(82)31(56)12-9-21-61-53(59)60)46(77)63-33(14-5-7-19-54)44(75)67-37(24-29-27-62-32-13-4-3-11-30(29)32)47(78)69-39(26-43(73)74)49(80)68-38(25-42(58)72)48(79)65-35(52(83)84)17-18-41(57)71/h3-4,11,13,27-28,31,33-40,62H,5-10,12,14-26,54-56H2,1-2H3,(H2,57,71)(H2,58,72)(H,63,77)(H,64,81)(H,65,79)(H,66,76)(H,67,75)(H,68,80)(H,69,78)(H,73,74)(H,83,84)(H4,59,60,61)/t31-,33-,34+,35-,36+,37-,38+,39+,40-/m0/s1. The molecule has 10 amide bonds. The number of likely N-dealkylation sites (tertiary alicyclic amines) is 1. The summed E-state index contributed by atoms with van der Waals surface area (Å²) < 4.78 is 0. The highest BCUT2D eigenvalue weighted by Gasteiger charge is 2.39. The van der Waals surface area contributed by atoms with Crippen molar-refractivity contribution in [2.24, 2.45) is 51.0 Å². The number of hydrogen-bond donors (Lipinski definition) is 17. The molecule has 1 saturated heterocycles. The number of carboxylic acid groups (broad SMARTS) is 2. The minimum atomic E-state index is -2.02. The molecule has 466 valence electrons. The maximum atomic E-state index is 14.6. The Kier molecular flexibility index (Phi) is 29.5. The second kappa shape index (κ2) is 35.5. The predicted molar refractivity (Wildman–Crippen MR) is 306 cm³/mol. The summed E-state index contributed by atoms with van der Waals surface area (Å²) >= 11 is 0. The van der Waals surface area contributed by atoms with Crippen LogP contribution in [0.15, 0.2) is 35.5 Å². The van der Waals surface area contributed by atoms with Gasteiger partial charge in [-0.25, -0.2) is 4.79 Å². The first-order chi connectivity index (χ1) is 39.8. The van der Waals surface area contributed by atoms with Crippen LogP contribution in [0, 0.1) is 5.92 Å². The van der Waals surface area contributed by atoms with Gasteiger partial charge < -0.3 is 97.5 Å². The number of carbonyl (C=O) groups is 12. The van der Waals surface area contributed by atoms with Crippen molar-refractivity contribution in [3.8, 4) is 0 Å². The van der Waals surface area contributed by atoms with Crippen molar-refractivity contribution >= 4 is 87.9 Å². The third-order valence-electron chi connectivity index (χ3n) is 13.7. The van der Waals surface area contributed by atoms with E-state index in [1.54, 1.807) is 44.3 Å². The van der Waals surface area contributed by atoms with Crippen LogP contribution in [-0.2, 0) is 64.0 Å². The van der Waals surface area contributed by atoms with Crippen molar-refractivity contribution in [3.05, 3.63) is 36.0 Å². The molecule has 2 aromatic rings. The van der Waals surface area contributed by atoms with Gasteiger partial charge >= 0.3 is 11.9 Å². The fraction of sp³-hybridized carbons (Fsp3) is 0.604. The monoisotopic (exact) mass is 1180 g/mol. The molecular formula is C53H85N17O14. The second-order valence-electron chi connectivity index (χ2n) is 21.0. The molecule has 0 bridgehead atoms. The number of aromatic amines is 1. The number of amides is 10. The Morgan fingerprint density at radius 1 is 0.631 bits per heavy atom. The summed E-state index contributed by atoms with van der Waals surface area (Å²) in [6, 6.07) is -6.20. The second-order valence-corrected chi connectivity index (χ2v) is 21.0. The molecule has 0 saturated carbocycles. The van der Waals surface area contributed by atoms with Crippen LogP contribution in [0.2, 0.25) is 0 Å². The van der Waals surface area contributed by atoms with Crippen molar-refractivity contribution in [2.75, 3.05) is 26.2 Å². The van der Waals surface area contributed by atoms with Gasteiger partial charge in [-0.2, -0.15) is 0 Å². The van der Waals surface area contributed by atoms with Crippen LogP contribution in [0.1, 0.15) is 116 Å². The third kappa shape index (κ3) is 23.8. The van der Waals surface area contributed by atoms with Crippen molar-refractivity contribution in [1.82, 2.24) is 47.1 Å². The topological polar surface area (TPSA) is 543 Å². The molecule has 31 nitrogen and oxygen atoms in total. The Bertz CT molecular complexity index is 2650. The number of carboxylic acids is 2. The number of H-pyrrole nitrogens is 1. The van der Waals surface area contributed by atoms with E-state index in [2.05, 4.69) is 47.2 Å². The Morgan fingerprint density at radius 2 is 1.15 bits per heavy atom. The van der Waals surface area contributed by atoms with Crippen molar-refractivity contribution in [2.45, 2.75) is 171 Å².